The fourth-order valence-electron chi connectivity index (χ4n) is 0.725. The largest absolute Gasteiger partial charge is 2.00 e. The molecule has 0 aliphatic carbocycles. The van der Waals surface area contributed by atoms with Gasteiger partial charge in [-0.15, -0.1) is 0 Å². The van der Waals surface area contributed by atoms with Crippen LogP contribution in [-0.4, -0.2) is 57.1 Å². The summed E-state index contributed by atoms with van der Waals surface area (Å²) in [4.78, 5) is 0. The van der Waals surface area contributed by atoms with Crippen molar-refractivity contribution in [3.63, 3.8) is 0 Å². The van der Waals surface area contributed by atoms with E-state index in [1.165, 1.54) is 29.2 Å². The molecule has 0 atom stereocenters. The van der Waals surface area contributed by atoms with Crippen LogP contribution in [0.4, 0.5) is 39.5 Å². The smallest absolute Gasteiger partial charge is 0.741 e. The molecule has 1 aliphatic rings. The standard InChI is InChI=1S/C6H7F3O3S2.2CHF3O3S.5H3N.Os/c1-13(4-2-3-5-13)12-14(10,11)6(7,8)9;2*2-1(3,4)8(5,6)7;;;;;;/h2-5H,1H3;2*(H,5,6,7);5*1H3;/q;;;;;;;;+2/p-2. The van der Waals surface area contributed by atoms with Crippen molar-refractivity contribution in [2.24, 2.45) is 0 Å². The summed E-state index contributed by atoms with van der Waals surface area (Å²) in [5.41, 5.74) is -16.7. The van der Waals surface area contributed by atoms with Gasteiger partial charge >= 0.3 is 46.4 Å². The molecule has 1 heterocycles. The van der Waals surface area contributed by atoms with Crippen molar-refractivity contribution in [1.29, 1.82) is 0 Å². The Balaban J connectivity index is -0.0000000530. The topological polar surface area (TPSA) is 333 Å². The second-order valence-electron chi connectivity index (χ2n) is 4.39. The second-order valence-corrected chi connectivity index (χ2v) is 11.5. The number of allylic oxidation sites excluding steroid dienone is 2. The summed E-state index contributed by atoms with van der Waals surface area (Å²) < 4.78 is 179. The Morgan fingerprint density at radius 3 is 0.944 bits per heavy atom. The van der Waals surface area contributed by atoms with Crippen LogP contribution in [0.1, 0.15) is 0 Å². The monoisotopic (exact) mass is 823 g/mol. The molecule has 0 aromatic rings. The first-order valence-electron chi connectivity index (χ1n) is 5.86. The molecule has 0 bridgehead atoms. The first-order chi connectivity index (χ1) is 12.7. The average Bonchev–Trinajstić information content (AvgIpc) is 2.79. The predicted octanol–water partition coefficient (Wildman–Crippen LogP) is 3.15. The van der Waals surface area contributed by atoms with Crippen molar-refractivity contribution >= 4 is 40.7 Å². The van der Waals surface area contributed by atoms with E-state index < -0.39 is 57.2 Å². The van der Waals surface area contributed by atoms with Crippen LogP contribution < -0.4 is 30.8 Å². The van der Waals surface area contributed by atoms with Crippen LogP contribution in [0.25, 0.3) is 0 Å². The van der Waals surface area contributed by atoms with E-state index >= 15 is 0 Å². The van der Waals surface area contributed by atoms with Gasteiger partial charge in [0.25, 0.3) is 0 Å². The van der Waals surface area contributed by atoms with Crippen molar-refractivity contribution in [2.75, 3.05) is 6.26 Å². The molecule has 0 saturated heterocycles. The molecular formula is C8H22F9N5O9OsS4. The summed E-state index contributed by atoms with van der Waals surface area (Å²) in [6, 6.07) is 0. The molecule has 14 nitrogen and oxygen atoms in total. The van der Waals surface area contributed by atoms with Crippen molar-refractivity contribution in [3.05, 3.63) is 23.0 Å². The molecule has 0 radical (unpaired) electrons. The van der Waals surface area contributed by atoms with E-state index in [1.807, 2.05) is 0 Å². The summed E-state index contributed by atoms with van der Waals surface area (Å²) in [6.45, 7) is 0. The van der Waals surface area contributed by atoms with Gasteiger partial charge in [0, 0.05) is 0 Å². The van der Waals surface area contributed by atoms with E-state index in [0.717, 1.165) is 0 Å². The predicted molar refractivity (Wildman–Crippen MR) is 104 cm³/mol. The quantitative estimate of drug-likeness (QED) is 0.152. The zero-order chi connectivity index (χ0) is 25.0. The van der Waals surface area contributed by atoms with Gasteiger partial charge in [-0.25, -0.2) is 20.5 Å². The molecule has 0 fully saturated rings. The van der Waals surface area contributed by atoms with Gasteiger partial charge in [-0.05, 0) is 17.1 Å². The van der Waals surface area contributed by atoms with E-state index in [2.05, 4.69) is 3.63 Å². The molecule has 0 aromatic carbocycles. The Morgan fingerprint density at radius 1 is 0.611 bits per heavy atom. The third-order valence-corrected chi connectivity index (χ3v) is 6.88. The molecule has 1 rings (SSSR count). The van der Waals surface area contributed by atoms with E-state index in [4.69, 9.17) is 25.9 Å². The number of rotatable bonds is 2. The van der Waals surface area contributed by atoms with Gasteiger partial charge in [0.2, 0.25) is 0 Å². The van der Waals surface area contributed by atoms with Crippen LogP contribution in [0.3, 0.4) is 0 Å². The average molecular weight is 822 g/mol. The molecule has 0 saturated carbocycles. The van der Waals surface area contributed by atoms with E-state index in [9.17, 15) is 47.9 Å². The van der Waals surface area contributed by atoms with Crippen LogP contribution in [0, 0.1) is 0 Å². The maximum atomic E-state index is 11.9. The van der Waals surface area contributed by atoms with Gasteiger partial charge in [-0.1, -0.05) is 22.5 Å². The minimum Gasteiger partial charge on any atom is -0.741 e. The van der Waals surface area contributed by atoms with E-state index in [1.54, 1.807) is 0 Å². The second kappa shape index (κ2) is 17.8. The Kier molecular flexibility index (Phi) is 27.6. The minimum absolute atomic E-state index is 0. The molecule has 1 aliphatic heterocycles. The molecule has 228 valence electrons. The molecule has 15 N–H and O–H groups in total. The number of hydrogen-bond acceptors (Lipinski definition) is 14. The van der Waals surface area contributed by atoms with E-state index in [-0.39, 0.29) is 50.5 Å². The molecule has 28 heteroatoms. The summed E-state index contributed by atoms with van der Waals surface area (Å²) in [5, 5.41) is 2.60. The Morgan fingerprint density at radius 2 is 0.806 bits per heavy atom. The van der Waals surface area contributed by atoms with Gasteiger partial charge in [0.15, 0.2) is 20.2 Å². The van der Waals surface area contributed by atoms with Gasteiger partial charge in [-0.2, -0.15) is 47.9 Å². The Labute approximate surface area is 214 Å². The number of halogens is 9. The first-order valence-corrected chi connectivity index (χ1v) is 12.2. The Bertz CT molecular complexity index is 926. The van der Waals surface area contributed by atoms with Crippen LogP contribution >= 0.6 is 10.3 Å². The number of alkyl halides is 9. The zero-order valence-corrected chi connectivity index (χ0v) is 23.2. The maximum Gasteiger partial charge on any atom is 2.00 e. The van der Waals surface area contributed by atoms with Crippen LogP contribution in [0.2, 0.25) is 0 Å². The van der Waals surface area contributed by atoms with Crippen LogP contribution in [0.15, 0.2) is 23.0 Å². The third kappa shape index (κ3) is 20.4. The zero-order valence-electron chi connectivity index (χ0n) is 17.4. The molecular weight excluding hydrogens is 800 g/mol. The molecule has 0 amide bonds. The summed E-state index contributed by atoms with van der Waals surface area (Å²) in [5.74, 6) is 0. The summed E-state index contributed by atoms with van der Waals surface area (Å²) in [7, 11) is -20.1. The van der Waals surface area contributed by atoms with Gasteiger partial charge in [-0.3, -0.25) is 0 Å². The fraction of sp³-hybridized carbons (Fsp3) is 0.500. The van der Waals surface area contributed by atoms with Crippen molar-refractivity contribution in [2.45, 2.75) is 16.5 Å². The Hall–Kier alpha value is -0.634. The first kappa shape index (κ1) is 55.8. The fourth-order valence-corrected chi connectivity index (χ4v) is 3.84. The van der Waals surface area contributed by atoms with Crippen molar-refractivity contribution < 1.29 is 97.3 Å². The summed E-state index contributed by atoms with van der Waals surface area (Å²) >= 11 is 0. The minimum atomic E-state index is -6.09. The molecule has 0 spiro atoms. The number of hydrogen-bond donors (Lipinski definition) is 5. The van der Waals surface area contributed by atoms with Crippen molar-refractivity contribution in [3.8, 4) is 0 Å². The van der Waals surface area contributed by atoms with Crippen LogP contribution in [-0.2, 0) is 53.8 Å². The van der Waals surface area contributed by atoms with E-state index in [0.29, 0.717) is 0 Å². The molecule has 36 heavy (non-hydrogen) atoms. The SMILES string of the molecule is CS1(OS(=O)(=O)C(F)(F)F)C=CC=C1.N.N.N.N.N.O=S(=O)([O-])C(F)(F)F.O=S(=O)([O-])C(F)(F)F.[Os+2]. The third-order valence-electron chi connectivity index (χ3n) is 1.90. The van der Waals surface area contributed by atoms with Crippen molar-refractivity contribution in [1.82, 2.24) is 30.8 Å². The van der Waals surface area contributed by atoms with Gasteiger partial charge < -0.3 is 39.9 Å². The van der Waals surface area contributed by atoms with Gasteiger partial charge in [0.05, 0.1) is 0 Å². The summed E-state index contributed by atoms with van der Waals surface area (Å²) in [6.07, 6.45) is 4.19. The molecule has 0 aromatic heterocycles. The van der Waals surface area contributed by atoms with Gasteiger partial charge in [0.1, 0.15) is 0 Å². The maximum absolute atomic E-state index is 11.9. The molecule has 0 unspecified atom stereocenters. The normalized spacial score (nSPS) is 15.0. The van der Waals surface area contributed by atoms with Crippen LogP contribution in [0.5, 0.6) is 0 Å².